The molecule has 0 bridgehead atoms. The second-order valence-corrected chi connectivity index (χ2v) is 7.46. The van der Waals surface area contributed by atoms with Crippen LogP contribution in [0.15, 0.2) is 42.5 Å². The van der Waals surface area contributed by atoms with Gasteiger partial charge in [0.05, 0.1) is 25.2 Å². The molecule has 160 valence electrons. The minimum atomic E-state index is -1.43. The largest absolute Gasteiger partial charge is 0.497 e. The Balaban J connectivity index is 1.53. The molecule has 1 fully saturated rings. The molecule has 2 aromatic rings. The molecule has 2 aromatic carbocycles. The van der Waals surface area contributed by atoms with Crippen LogP contribution in [0.4, 0.5) is 0 Å². The molecule has 8 nitrogen and oxygen atoms in total. The number of fused-ring (bicyclic) bond motifs is 1. The predicted octanol–water partition coefficient (Wildman–Crippen LogP) is 1.61. The molecule has 30 heavy (non-hydrogen) atoms. The summed E-state index contributed by atoms with van der Waals surface area (Å²) in [6.45, 7) is 1.57. The monoisotopic (exact) mass is 416 g/mol. The van der Waals surface area contributed by atoms with Crippen LogP contribution in [0.3, 0.4) is 0 Å². The molecule has 0 radical (unpaired) electrons. The minimum Gasteiger partial charge on any atom is -0.497 e. The summed E-state index contributed by atoms with van der Waals surface area (Å²) in [4.78, 5) is 12.6. The minimum absolute atomic E-state index is 0.0512. The van der Waals surface area contributed by atoms with Gasteiger partial charge in [0, 0.05) is 6.07 Å². The van der Waals surface area contributed by atoms with Gasteiger partial charge < -0.3 is 34.3 Å². The van der Waals surface area contributed by atoms with Gasteiger partial charge in [-0.3, -0.25) is 4.79 Å². The fourth-order valence-corrected chi connectivity index (χ4v) is 3.63. The van der Waals surface area contributed by atoms with Crippen LogP contribution in [0.1, 0.15) is 35.4 Å². The van der Waals surface area contributed by atoms with Gasteiger partial charge in [0.25, 0.3) is 0 Å². The van der Waals surface area contributed by atoms with E-state index in [4.69, 9.17) is 18.9 Å². The number of benzene rings is 2. The molecule has 0 aromatic heterocycles. The van der Waals surface area contributed by atoms with Crippen molar-refractivity contribution in [3.8, 4) is 17.2 Å². The molecule has 2 aliphatic heterocycles. The van der Waals surface area contributed by atoms with Crippen LogP contribution in [0.25, 0.3) is 0 Å². The molecule has 4 rings (SSSR count). The van der Waals surface area contributed by atoms with Gasteiger partial charge in [-0.1, -0.05) is 12.1 Å². The fourth-order valence-electron chi connectivity index (χ4n) is 3.63. The Morgan fingerprint density at radius 1 is 0.967 bits per heavy atom. The van der Waals surface area contributed by atoms with Gasteiger partial charge in [0.2, 0.25) is 6.29 Å². The van der Waals surface area contributed by atoms with Gasteiger partial charge in [-0.05, 0) is 36.8 Å². The van der Waals surface area contributed by atoms with Crippen molar-refractivity contribution < 1.29 is 39.1 Å². The molecule has 3 N–H and O–H groups in total. The van der Waals surface area contributed by atoms with E-state index in [2.05, 4.69) is 0 Å². The van der Waals surface area contributed by atoms with Gasteiger partial charge in [-0.25, -0.2) is 0 Å². The quantitative estimate of drug-likeness (QED) is 0.689. The lowest BCUT2D eigenvalue weighted by Gasteiger charge is -2.39. The number of Topliss-reactive ketones (excluding diaryl/α,β-unsaturated/α-hetero) is 1. The third kappa shape index (κ3) is 3.87. The number of methoxy groups -OCH3 is 1. The summed E-state index contributed by atoms with van der Waals surface area (Å²) >= 11 is 0. The van der Waals surface area contributed by atoms with E-state index in [1.54, 1.807) is 44.4 Å². The summed E-state index contributed by atoms with van der Waals surface area (Å²) < 4.78 is 22.3. The first kappa shape index (κ1) is 20.6. The molecular formula is C22H24O8. The number of hydrogen-bond acceptors (Lipinski definition) is 8. The predicted molar refractivity (Wildman–Crippen MR) is 105 cm³/mol. The highest BCUT2D eigenvalue weighted by Gasteiger charge is 2.43. The average Bonchev–Trinajstić information content (AvgIpc) is 2.75. The molecule has 2 aliphatic rings. The molecule has 0 saturated carbocycles. The molecule has 8 heteroatoms. The van der Waals surface area contributed by atoms with Crippen LogP contribution in [0.2, 0.25) is 0 Å². The van der Waals surface area contributed by atoms with E-state index in [9.17, 15) is 20.1 Å². The fraction of sp³-hybridized carbons (Fsp3) is 0.409. The van der Waals surface area contributed by atoms with Crippen molar-refractivity contribution in [2.24, 2.45) is 0 Å². The average molecular weight is 416 g/mol. The van der Waals surface area contributed by atoms with Crippen molar-refractivity contribution in [2.75, 3.05) is 7.11 Å². The maximum atomic E-state index is 12.6. The van der Waals surface area contributed by atoms with Crippen molar-refractivity contribution in [3.05, 3.63) is 53.6 Å². The molecule has 1 saturated heterocycles. The van der Waals surface area contributed by atoms with Gasteiger partial charge in [-0.2, -0.15) is 0 Å². The standard InChI is InChI=1S/C22H24O8/c1-11-19(24)20(25)21(26)22(28-11)29-14-7-8-15-16(23)10-17(30-18(15)9-14)12-3-5-13(27-2)6-4-12/h3-9,11,17,19-22,24-26H,10H2,1-2H3/t11-,17-,19-,20+,21+,22-/m0/s1. The van der Waals surface area contributed by atoms with Crippen molar-refractivity contribution in [2.45, 2.75) is 50.2 Å². The highest BCUT2D eigenvalue weighted by atomic mass is 16.7. The highest BCUT2D eigenvalue weighted by Crippen LogP contribution is 2.38. The summed E-state index contributed by atoms with van der Waals surface area (Å²) in [5, 5.41) is 29.9. The van der Waals surface area contributed by atoms with E-state index >= 15 is 0 Å². The van der Waals surface area contributed by atoms with Crippen molar-refractivity contribution in [3.63, 3.8) is 0 Å². The van der Waals surface area contributed by atoms with E-state index in [0.717, 1.165) is 5.56 Å². The zero-order valence-corrected chi connectivity index (χ0v) is 16.6. The van der Waals surface area contributed by atoms with E-state index in [0.29, 0.717) is 22.8 Å². The van der Waals surface area contributed by atoms with Crippen LogP contribution in [0, 0.1) is 0 Å². The number of aliphatic hydroxyl groups is 3. The Hall–Kier alpha value is -2.65. The molecule has 2 heterocycles. The Morgan fingerprint density at radius 2 is 1.67 bits per heavy atom. The number of ketones is 1. The van der Waals surface area contributed by atoms with Crippen molar-refractivity contribution in [1.82, 2.24) is 0 Å². The third-order valence-electron chi connectivity index (χ3n) is 5.44. The lowest BCUT2D eigenvalue weighted by molar-refractivity contribution is -0.268. The van der Waals surface area contributed by atoms with Crippen molar-refractivity contribution >= 4 is 5.78 Å². The maximum Gasteiger partial charge on any atom is 0.229 e. The molecule has 0 aliphatic carbocycles. The second-order valence-electron chi connectivity index (χ2n) is 7.46. The summed E-state index contributed by atoms with van der Waals surface area (Å²) in [5.41, 5.74) is 1.29. The number of ether oxygens (including phenoxy) is 4. The van der Waals surface area contributed by atoms with E-state index in [1.165, 1.54) is 0 Å². The summed E-state index contributed by atoms with van der Waals surface area (Å²) in [6.07, 6.45) is -6.16. The molecule has 0 unspecified atom stereocenters. The number of hydrogen-bond donors (Lipinski definition) is 3. The third-order valence-corrected chi connectivity index (χ3v) is 5.44. The normalized spacial score (nSPS) is 30.9. The van der Waals surface area contributed by atoms with Crippen LogP contribution in [-0.4, -0.2) is 58.9 Å². The summed E-state index contributed by atoms with van der Waals surface area (Å²) in [6, 6.07) is 12.0. The van der Waals surface area contributed by atoms with Gasteiger partial charge >= 0.3 is 0 Å². The number of aliphatic hydroxyl groups excluding tert-OH is 3. The van der Waals surface area contributed by atoms with Gasteiger partial charge in [-0.15, -0.1) is 0 Å². The smallest absolute Gasteiger partial charge is 0.229 e. The van der Waals surface area contributed by atoms with E-state index in [-0.39, 0.29) is 12.2 Å². The van der Waals surface area contributed by atoms with Crippen LogP contribution >= 0.6 is 0 Å². The van der Waals surface area contributed by atoms with Gasteiger partial charge in [0.1, 0.15) is 41.7 Å². The first-order valence-electron chi connectivity index (χ1n) is 9.71. The second kappa shape index (κ2) is 8.23. The van der Waals surface area contributed by atoms with Crippen molar-refractivity contribution in [1.29, 1.82) is 0 Å². The Kier molecular flexibility index (Phi) is 5.66. The van der Waals surface area contributed by atoms with E-state index < -0.39 is 36.8 Å². The highest BCUT2D eigenvalue weighted by molar-refractivity contribution is 6.00. The van der Waals surface area contributed by atoms with Crippen LogP contribution in [0.5, 0.6) is 17.2 Å². The topological polar surface area (TPSA) is 115 Å². The molecule has 6 atom stereocenters. The zero-order chi connectivity index (χ0) is 21.4. The van der Waals surface area contributed by atoms with Crippen LogP contribution < -0.4 is 14.2 Å². The van der Waals surface area contributed by atoms with Crippen LogP contribution in [-0.2, 0) is 4.74 Å². The van der Waals surface area contributed by atoms with E-state index in [1.807, 2.05) is 12.1 Å². The number of carbonyl (C=O) groups is 1. The number of carbonyl (C=O) groups excluding carboxylic acids is 1. The Bertz CT molecular complexity index is 912. The Labute approximate surface area is 173 Å². The number of rotatable bonds is 4. The summed E-state index contributed by atoms with van der Waals surface area (Å²) in [5.74, 6) is 1.33. The molecule has 0 amide bonds. The lowest BCUT2D eigenvalue weighted by atomic mass is 9.96. The maximum absolute atomic E-state index is 12.6. The Morgan fingerprint density at radius 3 is 2.37 bits per heavy atom. The summed E-state index contributed by atoms with van der Waals surface area (Å²) in [7, 11) is 1.58. The molecule has 0 spiro atoms. The molecular weight excluding hydrogens is 392 g/mol. The first-order valence-corrected chi connectivity index (χ1v) is 9.71. The zero-order valence-electron chi connectivity index (χ0n) is 16.6. The SMILES string of the molecule is COc1ccc([C@@H]2CC(=O)c3ccc(O[C@@H]4O[C@@H](C)[C@H](O)[C@@H](O)[C@H]4O)cc3O2)cc1. The van der Waals surface area contributed by atoms with Gasteiger partial charge in [0.15, 0.2) is 5.78 Å². The lowest BCUT2D eigenvalue weighted by Crippen LogP contribution is -2.58. The first-order chi connectivity index (χ1) is 14.4.